The standard InChI is InChI=1S/C24H26N4O3/c1-27-16-25-26-22(27)13-24(30)11-6-12-28(15-24)23(29)31-14-21-19-9-4-2-7-17(19)18-8-3-5-10-20(18)21/h2-5,7-10,16,21,30H,6,11-15H2,1H3. The van der Waals surface area contributed by atoms with Crippen LogP contribution in [0.25, 0.3) is 11.1 Å². The maximum Gasteiger partial charge on any atom is 0.409 e. The predicted octanol–water partition coefficient (Wildman–Crippen LogP) is 3.13. The van der Waals surface area contributed by atoms with E-state index in [4.69, 9.17) is 4.74 Å². The monoisotopic (exact) mass is 418 g/mol. The molecule has 1 saturated heterocycles. The molecule has 0 saturated carbocycles. The Kier molecular flexibility index (Phi) is 4.98. The number of carbonyl (C=O) groups is 1. The highest BCUT2D eigenvalue weighted by Gasteiger charge is 2.38. The molecular formula is C24H26N4O3. The molecule has 1 fully saturated rings. The summed E-state index contributed by atoms with van der Waals surface area (Å²) in [4.78, 5) is 14.5. The normalized spacial score (nSPS) is 20.4. The van der Waals surface area contributed by atoms with E-state index in [1.54, 1.807) is 15.8 Å². The Morgan fingerprint density at radius 2 is 1.84 bits per heavy atom. The van der Waals surface area contributed by atoms with Crippen LogP contribution in [0.3, 0.4) is 0 Å². The number of amides is 1. The number of piperidine rings is 1. The molecule has 1 aliphatic carbocycles. The Balaban J connectivity index is 1.27. The molecule has 3 aromatic rings. The van der Waals surface area contributed by atoms with Crippen molar-refractivity contribution < 1.29 is 14.6 Å². The third-order valence-corrected chi connectivity index (χ3v) is 6.44. The van der Waals surface area contributed by atoms with Gasteiger partial charge >= 0.3 is 6.09 Å². The van der Waals surface area contributed by atoms with E-state index in [1.165, 1.54) is 22.3 Å². The van der Waals surface area contributed by atoms with E-state index in [-0.39, 0.29) is 25.2 Å². The van der Waals surface area contributed by atoms with Gasteiger partial charge in [-0.1, -0.05) is 48.5 Å². The van der Waals surface area contributed by atoms with Gasteiger partial charge in [-0.25, -0.2) is 4.79 Å². The number of nitrogens with zero attached hydrogens (tertiary/aromatic N) is 4. The van der Waals surface area contributed by atoms with Crippen LogP contribution < -0.4 is 0 Å². The fraction of sp³-hybridized carbons (Fsp3) is 0.375. The second-order valence-corrected chi connectivity index (χ2v) is 8.59. The Morgan fingerprint density at radius 1 is 1.16 bits per heavy atom. The Bertz CT molecular complexity index is 1070. The molecule has 2 heterocycles. The summed E-state index contributed by atoms with van der Waals surface area (Å²) in [5.74, 6) is 0.732. The number of hydrogen-bond acceptors (Lipinski definition) is 5. The zero-order chi connectivity index (χ0) is 21.4. The number of aromatic nitrogens is 3. The minimum Gasteiger partial charge on any atom is -0.448 e. The van der Waals surface area contributed by atoms with Gasteiger partial charge in [0, 0.05) is 25.9 Å². The van der Waals surface area contributed by atoms with Crippen molar-refractivity contribution in [3.05, 3.63) is 71.8 Å². The molecular weight excluding hydrogens is 392 g/mol. The molecule has 0 bridgehead atoms. The van der Waals surface area contributed by atoms with E-state index in [2.05, 4.69) is 34.5 Å². The lowest BCUT2D eigenvalue weighted by Gasteiger charge is -2.38. The van der Waals surface area contributed by atoms with Crippen molar-refractivity contribution in [1.82, 2.24) is 19.7 Å². The lowest BCUT2D eigenvalue weighted by Crippen LogP contribution is -2.52. The van der Waals surface area contributed by atoms with Gasteiger partial charge in [-0.05, 0) is 35.1 Å². The van der Waals surface area contributed by atoms with E-state index in [0.29, 0.717) is 25.2 Å². The molecule has 7 heteroatoms. The average Bonchev–Trinajstić information content (AvgIpc) is 3.32. The van der Waals surface area contributed by atoms with Gasteiger partial charge in [-0.2, -0.15) is 0 Å². The highest BCUT2D eigenvalue weighted by atomic mass is 16.6. The maximum absolute atomic E-state index is 12.9. The summed E-state index contributed by atoms with van der Waals surface area (Å²) in [6.07, 6.45) is 2.94. The minimum absolute atomic E-state index is 0.0265. The zero-order valence-corrected chi connectivity index (χ0v) is 17.6. The fourth-order valence-corrected chi connectivity index (χ4v) is 4.86. The van der Waals surface area contributed by atoms with Gasteiger partial charge in [0.25, 0.3) is 0 Å². The molecule has 1 N–H and O–H groups in total. The second kappa shape index (κ2) is 7.81. The molecule has 0 spiro atoms. The van der Waals surface area contributed by atoms with Crippen molar-refractivity contribution in [2.45, 2.75) is 30.8 Å². The summed E-state index contributed by atoms with van der Waals surface area (Å²) in [6, 6.07) is 16.6. The summed E-state index contributed by atoms with van der Waals surface area (Å²) in [6.45, 7) is 1.10. The number of benzene rings is 2. The second-order valence-electron chi connectivity index (χ2n) is 8.59. The lowest BCUT2D eigenvalue weighted by atomic mass is 9.89. The van der Waals surface area contributed by atoms with Crippen molar-refractivity contribution in [3.63, 3.8) is 0 Å². The molecule has 1 aromatic heterocycles. The average molecular weight is 418 g/mol. The Labute approximate surface area is 181 Å². The topological polar surface area (TPSA) is 80.5 Å². The molecule has 160 valence electrons. The molecule has 1 unspecified atom stereocenters. The van der Waals surface area contributed by atoms with Crippen molar-refractivity contribution in [1.29, 1.82) is 0 Å². The third-order valence-electron chi connectivity index (χ3n) is 6.44. The first kappa shape index (κ1) is 19.8. The third kappa shape index (κ3) is 3.70. The smallest absolute Gasteiger partial charge is 0.409 e. The molecule has 2 aliphatic rings. The molecule has 0 radical (unpaired) electrons. The van der Waals surface area contributed by atoms with Crippen LogP contribution >= 0.6 is 0 Å². The Hall–Kier alpha value is -3.19. The summed E-state index contributed by atoms with van der Waals surface area (Å²) in [5, 5.41) is 19.1. The number of β-amino-alcohol motifs (C(OH)–C–C–N with tert-alkyl or cyclic N) is 1. The van der Waals surface area contributed by atoms with Crippen molar-refractivity contribution in [2.75, 3.05) is 19.7 Å². The van der Waals surface area contributed by atoms with E-state index in [0.717, 1.165) is 6.42 Å². The molecule has 1 amide bonds. The fourth-order valence-electron chi connectivity index (χ4n) is 4.86. The van der Waals surface area contributed by atoms with Crippen LogP contribution in [-0.2, 0) is 18.2 Å². The number of ether oxygens (including phenoxy) is 1. The molecule has 2 aromatic carbocycles. The van der Waals surface area contributed by atoms with E-state index in [9.17, 15) is 9.90 Å². The van der Waals surface area contributed by atoms with Crippen LogP contribution in [-0.4, -0.2) is 56.2 Å². The number of rotatable bonds is 4. The number of aryl methyl sites for hydroxylation is 1. The van der Waals surface area contributed by atoms with Crippen LogP contribution in [0.1, 0.15) is 35.7 Å². The summed E-state index contributed by atoms with van der Waals surface area (Å²) in [7, 11) is 1.85. The van der Waals surface area contributed by atoms with Crippen LogP contribution in [0.2, 0.25) is 0 Å². The van der Waals surface area contributed by atoms with Gasteiger partial charge in [-0.15, -0.1) is 10.2 Å². The minimum atomic E-state index is -1.02. The van der Waals surface area contributed by atoms with Gasteiger partial charge in [0.05, 0.1) is 12.1 Å². The molecule has 7 nitrogen and oxygen atoms in total. The first-order chi connectivity index (χ1) is 15.0. The number of hydrogen-bond donors (Lipinski definition) is 1. The quantitative estimate of drug-likeness (QED) is 0.704. The maximum atomic E-state index is 12.9. The van der Waals surface area contributed by atoms with Gasteiger partial charge in [-0.3, -0.25) is 0 Å². The molecule has 5 rings (SSSR count). The number of likely N-dealkylation sites (tertiary alicyclic amines) is 1. The predicted molar refractivity (Wildman–Crippen MR) is 116 cm³/mol. The van der Waals surface area contributed by atoms with E-state index < -0.39 is 5.60 Å². The van der Waals surface area contributed by atoms with Crippen molar-refractivity contribution >= 4 is 6.09 Å². The van der Waals surface area contributed by atoms with Gasteiger partial charge in [0.2, 0.25) is 0 Å². The SMILES string of the molecule is Cn1cnnc1CC1(O)CCCN(C(=O)OCC2c3ccccc3-c3ccccc32)C1. The van der Waals surface area contributed by atoms with Crippen LogP contribution in [0, 0.1) is 0 Å². The van der Waals surface area contributed by atoms with Gasteiger partial charge in [0.15, 0.2) is 0 Å². The largest absolute Gasteiger partial charge is 0.448 e. The molecule has 31 heavy (non-hydrogen) atoms. The summed E-state index contributed by atoms with van der Waals surface area (Å²) in [5.41, 5.74) is 3.76. The van der Waals surface area contributed by atoms with Crippen LogP contribution in [0.15, 0.2) is 54.9 Å². The summed E-state index contributed by atoms with van der Waals surface area (Å²) < 4.78 is 7.57. The van der Waals surface area contributed by atoms with Crippen LogP contribution in [0.4, 0.5) is 4.79 Å². The summed E-state index contributed by atoms with van der Waals surface area (Å²) >= 11 is 0. The van der Waals surface area contributed by atoms with Crippen molar-refractivity contribution in [3.8, 4) is 11.1 Å². The highest BCUT2D eigenvalue weighted by Crippen LogP contribution is 2.44. The Morgan fingerprint density at radius 3 is 2.48 bits per heavy atom. The highest BCUT2D eigenvalue weighted by molar-refractivity contribution is 5.79. The number of fused-ring (bicyclic) bond motifs is 3. The zero-order valence-electron chi connectivity index (χ0n) is 17.6. The van der Waals surface area contributed by atoms with E-state index in [1.807, 2.05) is 31.3 Å². The molecule has 1 atom stereocenters. The number of carbonyl (C=O) groups excluding carboxylic acids is 1. The van der Waals surface area contributed by atoms with Crippen LogP contribution in [0.5, 0.6) is 0 Å². The first-order valence-electron chi connectivity index (χ1n) is 10.7. The van der Waals surface area contributed by atoms with E-state index >= 15 is 0 Å². The molecule has 1 aliphatic heterocycles. The van der Waals surface area contributed by atoms with Crippen molar-refractivity contribution in [2.24, 2.45) is 7.05 Å². The van der Waals surface area contributed by atoms with Gasteiger partial charge < -0.3 is 19.3 Å². The van der Waals surface area contributed by atoms with Gasteiger partial charge in [0.1, 0.15) is 18.8 Å². The lowest BCUT2D eigenvalue weighted by molar-refractivity contribution is -0.0310. The number of aliphatic hydroxyl groups is 1. The first-order valence-corrected chi connectivity index (χ1v) is 10.7.